The van der Waals surface area contributed by atoms with E-state index in [0.29, 0.717) is 6.54 Å². The van der Waals surface area contributed by atoms with E-state index in [1.807, 2.05) is 35.2 Å². The van der Waals surface area contributed by atoms with Crippen molar-refractivity contribution < 1.29 is 9.59 Å². The number of nitrogens with one attached hydrogen (secondary N) is 1. The van der Waals surface area contributed by atoms with Crippen LogP contribution in [0.25, 0.3) is 0 Å². The molecule has 1 fully saturated rings. The molecule has 2 aliphatic rings. The monoisotopic (exact) mass is 376 g/mol. The summed E-state index contributed by atoms with van der Waals surface area (Å²) >= 11 is 0. The van der Waals surface area contributed by atoms with Crippen LogP contribution in [0.15, 0.2) is 48.5 Å². The van der Waals surface area contributed by atoms with Gasteiger partial charge in [0.15, 0.2) is 0 Å². The second-order valence-electron chi connectivity index (χ2n) is 8.06. The Morgan fingerprint density at radius 1 is 0.964 bits per heavy atom. The summed E-state index contributed by atoms with van der Waals surface area (Å²) in [6.07, 6.45) is 4.15. The number of hydrogen-bond acceptors (Lipinski definition) is 2. The molecule has 0 spiro atoms. The molecule has 4 heteroatoms. The van der Waals surface area contributed by atoms with Gasteiger partial charge in [0.05, 0.1) is 0 Å². The SMILES string of the molecule is Cc1ccccc1CNC(=O)C1CCC(C(=O)N2CCc3ccccc32)CC1. The molecule has 1 aliphatic heterocycles. The van der Waals surface area contributed by atoms with Crippen molar-refractivity contribution in [3.63, 3.8) is 0 Å². The number of anilines is 1. The molecule has 0 aromatic heterocycles. The summed E-state index contributed by atoms with van der Waals surface area (Å²) < 4.78 is 0. The lowest BCUT2D eigenvalue weighted by Gasteiger charge is -2.30. The predicted octanol–water partition coefficient (Wildman–Crippen LogP) is 4.01. The molecule has 1 saturated carbocycles. The van der Waals surface area contributed by atoms with E-state index < -0.39 is 0 Å². The lowest BCUT2D eigenvalue weighted by Crippen LogP contribution is -2.39. The third-order valence-corrected chi connectivity index (χ3v) is 6.31. The topological polar surface area (TPSA) is 49.4 Å². The summed E-state index contributed by atoms with van der Waals surface area (Å²) in [7, 11) is 0. The van der Waals surface area contributed by atoms with Gasteiger partial charge >= 0.3 is 0 Å². The molecule has 0 unspecified atom stereocenters. The van der Waals surface area contributed by atoms with Crippen molar-refractivity contribution in [2.24, 2.45) is 11.8 Å². The average Bonchev–Trinajstić information content (AvgIpc) is 3.17. The lowest BCUT2D eigenvalue weighted by atomic mass is 9.81. The van der Waals surface area contributed by atoms with E-state index in [1.165, 1.54) is 11.1 Å². The molecule has 0 bridgehead atoms. The van der Waals surface area contributed by atoms with Crippen LogP contribution in [0.4, 0.5) is 5.69 Å². The summed E-state index contributed by atoms with van der Waals surface area (Å²) in [6, 6.07) is 16.3. The Kier molecular flexibility index (Phi) is 5.47. The molecule has 0 saturated heterocycles. The van der Waals surface area contributed by atoms with Gasteiger partial charge in [-0.15, -0.1) is 0 Å². The van der Waals surface area contributed by atoms with Gasteiger partial charge in [-0.1, -0.05) is 42.5 Å². The van der Waals surface area contributed by atoms with Gasteiger partial charge in [-0.25, -0.2) is 0 Å². The van der Waals surface area contributed by atoms with E-state index in [1.54, 1.807) is 0 Å². The van der Waals surface area contributed by atoms with Crippen LogP contribution in [-0.2, 0) is 22.6 Å². The molecular weight excluding hydrogens is 348 g/mol. The number of rotatable bonds is 4. The van der Waals surface area contributed by atoms with E-state index in [9.17, 15) is 9.59 Å². The van der Waals surface area contributed by atoms with Crippen molar-refractivity contribution >= 4 is 17.5 Å². The summed E-state index contributed by atoms with van der Waals surface area (Å²) in [5, 5.41) is 3.09. The van der Waals surface area contributed by atoms with Crippen molar-refractivity contribution in [1.29, 1.82) is 0 Å². The Balaban J connectivity index is 1.29. The number of fused-ring (bicyclic) bond motifs is 1. The fraction of sp³-hybridized carbons (Fsp3) is 0.417. The van der Waals surface area contributed by atoms with Crippen LogP contribution < -0.4 is 10.2 Å². The second-order valence-corrected chi connectivity index (χ2v) is 8.06. The van der Waals surface area contributed by atoms with Crippen LogP contribution in [0.3, 0.4) is 0 Å². The highest BCUT2D eigenvalue weighted by Crippen LogP contribution is 2.34. The van der Waals surface area contributed by atoms with Crippen molar-refractivity contribution in [2.45, 2.75) is 45.6 Å². The van der Waals surface area contributed by atoms with Crippen LogP contribution in [0.2, 0.25) is 0 Å². The molecule has 0 radical (unpaired) electrons. The minimum absolute atomic E-state index is 0.0268. The lowest BCUT2D eigenvalue weighted by molar-refractivity contribution is -0.129. The minimum Gasteiger partial charge on any atom is -0.352 e. The van der Waals surface area contributed by atoms with Crippen molar-refractivity contribution in [2.75, 3.05) is 11.4 Å². The van der Waals surface area contributed by atoms with Crippen molar-refractivity contribution in [1.82, 2.24) is 5.32 Å². The first kappa shape index (κ1) is 18.7. The Bertz CT molecular complexity index is 868. The number of benzene rings is 2. The van der Waals surface area contributed by atoms with Crippen LogP contribution in [0, 0.1) is 18.8 Å². The van der Waals surface area contributed by atoms with Gasteiger partial charge in [-0.3, -0.25) is 9.59 Å². The number of carbonyl (C=O) groups is 2. The fourth-order valence-corrected chi connectivity index (χ4v) is 4.53. The fourth-order valence-electron chi connectivity index (χ4n) is 4.53. The summed E-state index contributed by atoms with van der Waals surface area (Å²) in [5.41, 5.74) is 4.70. The Morgan fingerprint density at radius 2 is 1.64 bits per heavy atom. The quantitative estimate of drug-likeness (QED) is 0.877. The number of hydrogen-bond donors (Lipinski definition) is 1. The molecule has 2 aromatic carbocycles. The summed E-state index contributed by atoms with van der Waals surface area (Å²) in [6.45, 7) is 3.43. The molecule has 2 amide bonds. The third kappa shape index (κ3) is 3.82. The molecule has 146 valence electrons. The maximum Gasteiger partial charge on any atom is 0.230 e. The largest absolute Gasteiger partial charge is 0.352 e. The number of nitrogens with zero attached hydrogens (tertiary/aromatic N) is 1. The van der Waals surface area contributed by atoms with E-state index in [4.69, 9.17) is 0 Å². The summed E-state index contributed by atoms with van der Waals surface area (Å²) in [5.74, 6) is 0.440. The molecule has 28 heavy (non-hydrogen) atoms. The molecule has 2 aromatic rings. The van der Waals surface area contributed by atoms with E-state index in [2.05, 4.69) is 30.4 Å². The smallest absolute Gasteiger partial charge is 0.230 e. The van der Waals surface area contributed by atoms with E-state index >= 15 is 0 Å². The third-order valence-electron chi connectivity index (χ3n) is 6.31. The first-order valence-corrected chi connectivity index (χ1v) is 10.3. The zero-order valence-corrected chi connectivity index (χ0v) is 16.5. The van der Waals surface area contributed by atoms with E-state index in [-0.39, 0.29) is 23.7 Å². The number of carbonyl (C=O) groups excluding carboxylic acids is 2. The van der Waals surface area contributed by atoms with Crippen LogP contribution in [0.1, 0.15) is 42.4 Å². The Labute approximate surface area is 166 Å². The Morgan fingerprint density at radius 3 is 2.43 bits per heavy atom. The van der Waals surface area contributed by atoms with Gasteiger partial charge in [0.2, 0.25) is 11.8 Å². The summed E-state index contributed by atoms with van der Waals surface area (Å²) in [4.78, 5) is 27.5. The van der Waals surface area contributed by atoms with Crippen molar-refractivity contribution in [3.05, 3.63) is 65.2 Å². The Hall–Kier alpha value is -2.62. The van der Waals surface area contributed by atoms with Gasteiger partial charge in [0, 0.05) is 30.6 Å². The zero-order valence-electron chi connectivity index (χ0n) is 16.5. The molecule has 1 N–H and O–H groups in total. The standard InChI is InChI=1S/C24H28N2O2/c1-17-6-2-3-8-21(17)16-25-23(27)19-10-12-20(13-11-19)24(28)26-15-14-18-7-4-5-9-22(18)26/h2-9,19-20H,10-16H2,1H3,(H,25,27). The molecule has 1 heterocycles. The molecule has 0 atom stereocenters. The number of amides is 2. The second kappa shape index (κ2) is 8.17. The van der Waals surface area contributed by atoms with Crippen LogP contribution in [0.5, 0.6) is 0 Å². The highest BCUT2D eigenvalue weighted by atomic mass is 16.2. The number of para-hydroxylation sites is 1. The van der Waals surface area contributed by atoms with Gasteiger partial charge in [-0.2, -0.15) is 0 Å². The van der Waals surface area contributed by atoms with Gasteiger partial charge in [0.25, 0.3) is 0 Å². The zero-order chi connectivity index (χ0) is 19.5. The number of aryl methyl sites for hydroxylation is 1. The highest BCUT2D eigenvalue weighted by Gasteiger charge is 2.34. The average molecular weight is 377 g/mol. The minimum atomic E-state index is 0.0268. The molecular formula is C24H28N2O2. The molecule has 1 aliphatic carbocycles. The van der Waals surface area contributed by atoms with Crippen LogP contribution >= 0.6 is 0 Å². The first-order valence-electron chi connectivity index (χ1n) is 10.3. The maximum absolute atomic E-state index is 13.0. The maximum atomic E-state index is 13.0. The highest BCUT2D eigenvalue weighted by molar-refractivity contribution is 5.97. The van der Waals surface area contributed by atoms with Gasteiger partial charge in [0.1, 0.15) is 0 Å². The molecule has 4 rings (SSSR count). The van der Waals surface area contributed by atoms with Gasteiger partial charge < -0.3 is 10.2 Å². The van der Waals surface area contributed by atoms with Crippen LogP contribution in [-0.4, -0.2) is 18.4 Å². The normalized spacial score (nSPS) is 21.2. The van der Waals surface area contributed by atoms with Gasteiger partial charge in [-0.05, 0) is 61.8 Å². The predicted molar refractivity (Wildman–Crippen MR) is 111 cm³/mol. The molecule has 4 nitrogen and oxygen atoms in total. The first-order chi connectivity index (χ1) is 13.6. The van der Waals surface area contributed by atoms with Crippen molar-refractivity contribution in [3.8, 4) is 0 Å². The van der Waals surface area contributed by atoms with E-state index in [0.717, 1.165) is 49.9 Å².